The second-order valence-corrected chi connectivity index (χ2v) is 4.78. The average Bonchev–Trinajstić information content (AvgIpc) is 2.87. The van der Waals surface area contributed by atoms with Crippen LogP contribution in [-0.2, 0) is 0 Å². The van der Waals surface area contributed by atoms with Gasteiger partial charge in [-0.05, 0) is 19.8 Å². The highest BCUT2D eigenvalue weighted by atomic mass is 32.2. The lowest BCUT2D eigenvalue weighted by Gasteiger charge is -2.22. The molecule has 0 bridgehead atoms. The molecule has 0 radical (unpaired) electrons. The molecule has 0 spiro atoms. The molecular formula is C8H12N4S. The van der Waals surface area contributed by atoms with Crippen LogP contribution in [0.15, 0.2) is 5.16 Å². The molecule has 1 unspecified atom stereocenters. The summed E-state index contributed by atoms with van der Waals surface area (Å²) in [6, 6.07) is 0.519. The quantitative estimate of drug-likeness (QED) is 0.732. The summed E-state index contributed by atoms with van der Waals surface area (Å²) in [7, 11) is 0. The van der Waals surface area contributed by atoms with E-state index in [-0.39, 0.29) is 0 Å². The van der Waals surface area contributed by atoms with Crippen LogP contribution in [0.1, 0.15) is 31.5 Å². The Hall–Kier alpha value is -0.710. The van der Waals surface area contributed by atoms with Crippen LogP contribution in [0.4, 0.5) is 0 Å². The highest BCUT2D eigenvalue weighted by Crippen LogP contribution is 2.40. The van der Waals surface area contributed by atoms with E-state index >= 15 is 0 Å². The number of nitrogens with zero attached hydrogens (tertiary/aromatic N) is 3. The summed E-state index contributed by atoms with van der Waals surface area (Å²) in [4.78, 5) is 0. The highest BCUT2D eigenvalue weighted by molar-refractivity contribution is 7.99. The molecule has 4 nitrogen and oxygen atoms in total. The van der Waals surface area contributed by atoms with Crippen molar-refractivity contribution in [1.29, 1.82) is 0 Å². The molecule has 0 amide bonds. The number of nitrogens with one attached hydrogen (secondary N) is 1. The van der Waals surface area contributed by atoms with E-state index in [1.165, 1.54) is 12.8 Å². The molecule has 1 saturated carbocycles. The van der Waals surface area contributed by atoms with Crippen molar-refractivity contribution in [2.45, 2.75) is 36.9 Å². The first-order chi connectivity index (χ1) is 6.34. The SMILES string of the molecule is CC1CSc2nnc(C3CC3)n2N1. The van der Waals surface area contributed by atoms with Crippen LogP contribution in [0.3, 0.4) is 0 Å². The molecule has 3 rings (SSSR count). The van der Waals surface area contributed by atoms with Gasteiger partial charge in [-0.1, -0.05) is 11.8 Å². The number of thioether (sulfide) groups is 1. The lowest BCUT2D eigenvalue weighted by atomic mass is 10.4. The predicted octanol–water partition coefficient (Wildman–Crippen LogP) is 1.19. The van der Waals surface area contributed by atoms with Crippen LogP contribution in [0, 0.1) is 0 Å². The molecule has 2 heterocycles. The van der Waals surface area contributed by atoms with Crippen LogP contribution in [0.5, 0.6) is 0 Å². The van der Waals surface area contributed by atoms with Crippen molar-refractivity contribution in [2.75, 3.05) is 11.2 Å². The van der Waals surface area contributed by atoms with Crippen molar-refractivity contribution < 1.29 is 0 Å². The fourth-order valence-corrected chi connectivity index (χ4v) is 2.41. The normalized spacial score (nSPS) is 26.7. The van der Waals surface area contributed by atoms with E-state index in [9.17, 15) is 0 Å². The lowest BCUT2D eigenvalue weighted by Crippen LogP contribution is -2.32. The molecule has 1 aliphatic heterocycles. The molecule has 5 heteroatoms. The Kier molecular flexibility index (Phi) is 1.56. The van der Waals surface area contributed by atoms with Gasteiger partial charge in [0.25, 0.3) is 0 Å². The Balaban J connectivity index is 1.99. The number of hydrogen-bond acceptors (Lipinski definition) is 4. The molecule has 1 N–H and O–H groups in total. The first-order valence-electron chi connectivity index (χ1n) is 4.69. The second kappa shape index (κ2) is 2.64. The third kappa shape index (κ3) is 1.22. The summed E-state index contributed by atoms with van der Waals surface area (Å²) < 4.78 is 2.08. The van der Waals surface area contributed by atoms with E-state index in [0.29, 0.717) is 12.0 Å². The zero-order chi connectivity index (χ0) is 8.84. The third-order valence-corrected chi connectivity index (χ3v) is 3.60. The van der Waals surface area contributed by atoms with Gasteiger partial charge in [0.2, 0.25) is 5.16 Å². The van der Waals surface area contributed by atoms with Gasteiger partial charge in [-0.25, -0.2) is 4.68 Å². The smallest absolute Gasteiger partial charge is 0.210 e. The van der Waals surface area contributed by atoms with Crippen molar-refractivity contribution in [1.82, 2.24) is 14.9 Å². The van der Waals surface area contributed by atoms with Crippen molar-refractivity contribution in [3.8, 4) is 0 Å². The molecule has 1 fully saturated rings. The largest absolute Gasteiger partial charge is 0.319 e. The van der Waals surface area contributed by atoms with Gasteiger partial charge >= 0.3 is 0 Å². The maximum Gasteiger partial charge on any atom is 0.210 e. The predicted molar refractivity (Wildman–Crippen MR) is 51.5 cm³/mol. The topological polar surface area (TPSA) is 42.7 Å². The summed E-state index contributed by atoms with van der Waals surface area (Å²) in [6.45, 7) is 2.19. The molecule has 1 aromatic heterocycles. The molecule has 1 aliphatic carbocycles. The van der Waals surface area contributed by atoms with Gasteiger partial charge in [0.05, 0.1) is 0 Å². The molecule has 2 aliphatic rings. The Morgan fingerprint density at radius 3 is 3.08 bits per heavy atom. The minimum absolute atomic E-state index is 0.519. The van der Waals surface area contributed by atoms with Crippen molar-refractivity contribution in [2.24, 2.45) is 0 Å². The van der Waals surface area contributed by atoms with E-state index < -0.39 is 0 Å². The van der Waals surface area contributed by atoms with Gasteiger partial charge in [-0.15, -0.1) is 10.2 Å². The van der Waals surface area contributed by atoms with Gasteiger partial charge in [0, 0.05) is 17.7 Å². The number of hydrogen-bond donors (Lipinski definition) is 1. The van der Waals surface area contributed by atoms with Gasteiger partial charge in [-0.2, -0.15) is 0 Å². The van der Waals surface area contributed by atoms with Crippen molar-refractivity contribution >= 4 is 11.8 Å². The number of aromatic nitrogens is 3. The summed E-state index contributed by atoms with van der Waals surface area (Å²) in [5.41, 5.74) is 3.40. The average molecular weight is 196 g/mol. The van der Waals surface area contributed by atoms with Crippen molar-refractivity contribution in [3.05, 3.63) is 5.82 Å². The molecule has 1 aromatic rings. The van der Waals surface area contributed by atoms with Crippen LogP contribution >= 0.6 is 11.8 Å². The standard InChI is InChI=1S/C8H12N4S/c1-5-4-13-8-10-9-7(6-2-3-6)12(8)11-5/h5-6,11H,2-4H2,1H3. The number of rotatable bonds is 1. The molecule has 70 valence electrons. The minimum atomic E-state index is 0.519. The minimum Gasteiger partial charge on any atom is -0.319 e. The maximum absolute atomic E-state index is 4.22. The van der Waals surface area contributed by atoms with Gasteiger partial charge in [0.1, 0.15) is 0 Å². The van der Waals surface area contributed by atoms with Crippen LogP contribution in [-0.4, -0.2) is 26.7 Å². The van der Waals surface area contributed by atoms with Crippen LogP contribution in [0.2, 0.25) is 0 Å². The molecule has 0 saturated heterocycles. The summed E-state index contributed by atoms with van der Waals surface area (Å²) in [6.07, 6.45) is 2.55. The van der Waals surface area contributed by atoms with E-state index in [4.69, 9.17) is 0 Å². The fraction of sp³-hybridized carbons (Fsp3) is 0.750. The van der Waals surface area contributed by atoms with E-state index in [1.54, 1.807) is 11.8 Å². The molecule has 1 atom stereocenters. The molecule has 13 heavy (non-hydrogen) atoms. The number of fused-ring (bicyclic) bond motifs is 1. The van der Waals surface area contributed by atoms with E-state index in [2.05, 4.69) is 27.2 Å². The summed E-state index contributed by atoms with van der Waals surface area (Å²) >= 11 is 1.79. The first-order valence-corrected chi connectivity index (χ1v) is 5.68. The third-order valence-electron chi connectivity index (χ3n) is 2.41. The van der Waals surface area contributed by atoms with E-state index in [1.807, 2.05) is 0 Å². The maximum atomic E-state index is 4.22. The summed E-state index contributed by atoms with van der Waals surface area (Å²) in [5.74, 6) is 2.89. The zero-order valence-corrected chi connectivity index (χ0v) is 8.34. The Labute approximate surface area is 81.1 Å². The van der Waals surface area contributed by atoms with Gasteiger partial charge < -0.3 is 5.43 Å². The fourth-order valence-electron chi connectivity index (χ4n) is 1.56. The van der Waals surface area contributed by atoms with Crippen LogP contribution in [0.25, 0.3) is 0 Å². The van der Waals surface area contributed by atoms with Crippen LogP contribution < -0.4 is 5.43 Å². The Bertz CT molecular complexity index is 331. The first kappa shape index (κ1) is 7.67. The molecular weight excluding hydrogens is 184 g/mol. The Morgan fingerprint density at radius 1 is 1.46 bits per heavy atom. The van der Waals surface area contributed by atoms with E-state index in [0.717, 1.165) is 16.7 Å². The highest BCUT2D eigenvalue weighted by Gasteiger charge is 2.32. The van der Waals surface area contributed by atoms with Crippen molar-refractivity contribution in [3.63, 3.8) is 0 Å². The zero-order valence-electron chi connectivity index (χ0n) is 7.53. The summed E-state index contributed by atoms with van der Waals surface area (Å²) in [5, 5.41) is 9.42. The molecule has 0 aromatic carbocycles. The lowest BCUT2D eigenvalue weighted by molar-refractivity contribution is 0.641. The van der Waals surface area contributed by atoms with Gasteiger partial charge in [-0.3, -0.25) is 0 Å². The Morgan fingerprint density at radius 2 is 2.31 bits per heavy atom. The van der Waals surface area contributed by atoms with Gasteiger partial charge in [0.15, 0.2) is 5.82 Å². The second-order valence-electron chi connectivity index (χ2n) is 3.79. The monoisotopic (exact) mass is 196 g/mol.